The van der Waals surface area contributed by atoms with Crippen LogP contribution in [0.4, 0.5) is 0 Å². The van der Waals surface area contributed by atoms with E-state index >= 15 is 0 Å². The number of aliphatic hydroxyl groups excluding tert-OH is 1. The molecule has 0 amide bonds. The topological polar surface area (TPSA) is 37.3 Å². The standard InChI is InChI=1S/C29H48O2/c1-7-20(18(2)3)9-8-19(4)23-10-11-24-27-25(13-15-29(23,24)6)28(5)14-12-22(30)16-21(28)17-26(27)31/h17-20,22-25,27,30H,7-16H2,1-6H3/t19-,20-,22+,23?,24?,25?,27?,28+,29-/m1/s1. The van der Waals surface area contributed by atoms with Gasteiger partial charge in [0.2, 0.25) is 0 Å². The SMILES string of the molecule is CC[C@H](CC[C@@H](C)C1CCC2C3C(=O)C=C4C[C@@H](O)CC[C@]4(C)C3CC[C@@]21C)C(C)C. The van der Waals surface area contributed by atoms with Gasteiger partial charge >= 0.3 is 0 Å². The first kappa shape index (κ1) is 23.5. The molecule has 2 heteroatoms. The molecule has 176 valence electrons. The van der Waals surface area contributed by atoms with E-state index in [1.54, 1.807) is 0 Å². The number of carbonyl (C=O) groups is 1. The van der Waals surface area contributed by atoms with Crippen molar-refractivity contribution >= 4 is 5.78 Å². The van der Waals surface area contributed by atoms with Crippen LogP contribution in [-0.4, -0.2) is 17.0 Å². The fraction of sp³-hybridized carbons (Fsp3) is 0.897. The highest BCUT2D eigenvalue weighted by Crippen LogP contribution is 2.66. The predicted octanol–water partition coefficient (Wildman–Crippen LogP) is 7.20. The number of hydrogen-bond donors (Lipinski definition) is 1. The van der Waals surface area contributed by atoms with Crippen LogP contribution < -0.4 is 0 Å². The molecule has 3 saturated carbocycles. The molecule has 0 aliphatic heterocycles. The smallest absolute Gasteiger partial charge is 0.159 e. The molecule has 4 aliphatic rings. The lowest BCUT2D eigenvalue weighted by molar-refractivity contribution is -0.135. The van der Waals surface area contributed by atoms with Crippen molar-refractivity contribution in [3.63, 3.8) is 0 Å². The Labute approximate surface area is 191 Å². The summed E-state index contributed by atoms with van der Waals surface area (Å²) in [6.45, 7) is 14.6. The molecule has 0 spiro atoms. The maximum absolute atomic E-state index is 13.5. The molecular weight excluding hydrogens is 380 g/mol. The molecule has 0 radical (unpaired) electrons. The largest absolute Gasteiger partial charge is 0.393 e. The van der Waals surface area contributed by atoms with Crippen LogP contribution in [0.2, 0.25) is 0 Å². The summed E-state index contributed by atoms with van der Waals surface area (Å²) >= 11 is 0. The van der Waals surface area contributed by atoms with Crippen molar-refractivity contribution in [2.75, 3.05) is 0 Å². The lowest BCUT2D eigenvalue weighted by Gasteiger charge is -2.57. The molecule has 4 unspecified atom stereocenters. The van der Waals surface area contributed by atoms with Gasteiger partial charge in [0.1, 0.15) is 0 Å². The summed E-state index contributed by atoms with van der Waals surface area (Å²) in [6.07, 6.45) is 13.5. The van der Waals surface area contributed by atoms with Crippen LogP contribution in [0.5, 0.6) is 0 Å². The van der Waals surface area contributed by atoms with Crippen molar-refractivity contribution in [2.24, 2.45) is 52.3 Å². The van der Waals surface area contributed by atoms with E-state index < -0.39 is 0 Å². The Kier molecular flexibility index (Phi) is 6.54. The summed E-state index contributed by atoms with van der Waals surface area (Å²) in [5.74, 6) is 4.90. The Morgan fingerprint density at radius 3 is 2.45 bits per heavy atom. The Balaban J connectivity index is 1.52. The molecular formula is C29H48O2. The average molecular weight is 429 g/mol. The summed E-state index contributed by atoms with van der Waals surface area (Å²) in [6, 6.07) is 0. The molecule has 0 aromatic heterocycles. The zero-order chi connectivity index (χ0) is 22.6. The highest BCUT2D eigenvalue weighted by atomic mass is 16.3. The minimum Gasteiger partial charge on any atom is -0.393 e. The summed E-state index contributed by atoms with van der Waals surface area (Å²) in [4.78, 5) is 13.5. The molecule has 4 rings (SSSR count). The zero-order valence-corrected chi connectivity index (χ0v) is 21.1. The molecule has 31 heavy (non-hydrogen) atoms. The van der Waals surface area contributed by atoms with Crippen LogP contribution in [0.25, 0.3) is 0 Å². The highest BCUT2D eigenvalue weighted by molar-refractivity contribution is 5.94. The Morgan fingerprint density at radius 2 is 1.77 bits per heavy atom. The summed E-state index contributed by atoms with van der Waals surface area (Å²) in [7, 11) is 0. The minimum atomic E-state index is -0.243. The zero-order valence-electron chi connectivity index (χ0n) is 21.1. The van der Waals surface area contributed by atoms with Crippen molar-refractivity contribution in [1.82, 2.24) is 0 Å². The van der Waals surface area contributed by atoms with Gasteiger partial charge in [0, 0.05) is 5.92 Å². The van der Waals surface area contributed by atoms with Gasteiger partial charge < -0.3 is 5.11 Å². The summed E-state index contributed by atoms with van der Waals surface area (Å²) in [5, 5.41) is 10.2. The Morgan fingerprint density at radius 1 is 1.03 bits per heavy atom. The fourth-order valence-corrected chi connectivity index (χ4v) is 9.04. The van der Waals surface area contributed by atoms with Crippen LogP contribution in [-0.2, 0) is 4.79 Å². The first-order valence-electron chi connectivity index (χ1n) is 13.5. The molecule has 1 N–H and O–H groups in total. The lowest BCUT2D eigenvalue weighted by atomic mass is 9.46. The van der Waals surface area contributed by atoms with Crippen LogP contribution in [0.15, 0.2) is 11.6 Å². The average Bonchev–Trinajstić information content (AvgIpc) is 3.06. The first-order chi connectivity index (χ1) is 14.6. The molecule has 3 fully saturated rings. The summed E-state index contributed by atoms with van der Waals surface area (Å²) in [5.41, 5.74) is 1.75. The van der Waals surface area contributed by atoms with Gasteiger partial charge in [-0.05, 0) is 104 Å². The second-order valence-electron chi connectivity index (χ2n) is 12.8. The molecule has 0 aromatic rings. The maximum Gasteiger partial charge on any atom is 0.159 e. The number of fused-ring (bicyclic) bond motifs is 5. The normalized spacial score (nSPS) is 44.3. The molecule has 0 bridgehead atoms. The van der Waals surface area contributed by atoms with Crippen molar-refractivity contribution in [1.29, 1.82) is 0 Å². The minimum absolute atomic E-state index is 0.147. The predicted molar refractivity (Wildman–Crippen MR) is 129 cm³/mol. The van der Waals surface area contributed by atoms with E-state index in [0.29, 0.717) is 23.0 Å². The highest BCUT2D eigenvalue weighted by Gasteiger charge is 2.61. The second-order valence-corrected chi connectivity index (χ2v) is 12.8. The van der Waals surface area contributed by atoms with Gasteiger partial charge in [0.15, 0.2) is 5.78 Å². The van der Waals surface area contributed by atoms with E-state index in [-0.39, 0.29) is 17.4 Å². The van der Waals surface area contributed by atoms with Gasteiger partial charge in [-0.2, -0.15) is 0 Å². The van der Waals surface area contributed by atoms with Gasteiger partial charge in [-0.3, -0.25) is 4.79 Å². The molecule has 4 aliphatic carbocycles. The number of allylic oxidation sites excluding steroid dienone is 1. The number of ketones is 1. The summed E-state index contributed by atoms with van der Waals surface area (Å²) < 4.78 is 0. The van der Waals surface area contributed by atoms with Crippen molar-refractivity contribution in [3.05, 3.63) is 11.6 Å². The third-order valence-electron chi connectivity index (χ3n) is 11.1. The molecule has 0 aromatic carbocycles. The quantitative estimate of drug-likeness (QED) is 0.485. The monoisotopic (exact) mass is 428 g/mol. The van der Waals surface area contributed by atoms with Gasteiger partial charge in [-0.25, -0.2) is 0 Å². The van der Waals surface area contributed by atoms with E-state index in [4.69, 9.17) is 0 Å². The molecule has 9 atom stereocenters. The van der Waals surface area contributed by atoms with Crippen LogP contribution >= 0.6 is 0 Å². The molecule has 0 saturated heterocycles. The molecule has 0 heterocycles. The van der Waals surface area contributed by atoms with E-state index in [9.17, 15) is 9.90 Å². The molecule has 2 nitrogen and oxygen atoms in total. The van der Waals surface area contributed by atoms with E-state index in [0.717, 1.165) is 42.9 Å². The Bertz CT molecular complexity index is 708. The number of rotatable bonds is 6. The maximum atomic E-state index is 13.5. The number of carbonyl (C=O) groups excluding carboxylic acids is 1. The van der Waals surface area contributed by atoms with Gasteiger partial charge in [-0.15, -0.1) is 0 Å². The first-order valence-corrected chi connectivity index (χ1v) is 13.5. The van der Waals surface area contributed by atoms with Crippen LogP contribution in [0, 0.1) is 52.3 Å². The van der Waals surface area contributed by atoms with Gasteiger partial charge in [-0.1, -0.05) is 60.0 Å². The van der Waals surface area contributed by atoms with Crippen LogP contribution in [0.1, 0.15) is 106 Å². The number of aliphatic hydroxyl groups is 1. The van der Waals surface area contributed by atoms with Crippen molar-refractivity contribution < 1.29 is 9.90 Å². The van der Waals surface area contributed by atoms with E-state index in [2.05, 4.69) is 41.5 Å². The van der Waals surface area contributed by atoms with Crippen molar-refractivity contribution in [2.45, 2.75) is 112 Å². The van der Waals surface area contributed by atoms with E-state index in [1.165, 1.54) is 50.5 Å². The van der Waals surface area contributed by atoms with Crippen LogP contribution in [0.3, 0.4) is 0 Å². The lowest BCUT2D eigenvalue weighted by Crippen LogP contribution is -2.53. The third kappa shape index (κ3) is 3.87. The van der Waals surface area contributed by atoms with Crippen molar-refractivity contribution in [3.8, 4) is 0 Å². The fourth-order valence-electron chi connectivity index (χ4n) is 9.04. The van der Waals surface area contributed by atoms with Gasteiger partial charge in [0.25, 0.3) is 0 Å². The van der Waals surface area contributed by atoms with Gasteiger partial charge in [0.05, 0.1) is 6.10 Å². The Hall–Kier alpha value is -0.630. The third-order valence-corrected chi connectivity index (χ3v) is 11.1. The second kappa shape index (κ2) is 8.62. The van der Waals surface area contributed by atoms with E-state index in [1.807, 2.05) is 6.08 Å². The number of hydrogen-bond acceptors (Lipinski definition) is 2.